The Bertz CT molecular complexity index is 1560. The summed E-state index contributed by atoms with van der Waals surface area (Å²) in [6, 6.07) is 5.17. The first-order chi connectivity index (χ1) is 18.9. The molecule has 1 saturated carbocycles. The number of benzene rings is 1. The van der Waals surface area contributed by atoms with Gasteiger partial charge in [0.2, 0.25) is 5.91 Å². The summed E-state index contributed by atoms with van der Waals surface area (Å²) < 4.78 is 42.7. The number of rotatable bonds is 6. The molecule has 1 N–H and O–H groups in total. The molecular formula is C25H22BrClFN5O6S. The van der Waals surface area contributed by atoms with Crippen LogP contribution in [0.25, 0.3) is 0 Å². The molecule has 0 radical (unpaired) electrons. The van der Waals surface area contributed by atoms with E-state index in [-0.39, 0.29) is 28.1 Å². The van der Waals surface area contributed by atoms with Crippen LogP contribution in [-0.4, -0.2) is 88.1 Å². The molecule has 1 aromatic heterocycles. The van der Waals surface area contributed by atoms with E-state index in [0.717, 1.165) is 20.8 Å². The molecule has 0 spiro atoms. The zero-order valence-corrected chi connectivity index (χ0v) is 23.9. The summed E-state index contributed by atoms with van der Waals surface area (Å²) in [5.41, 5.74) is -2.12. The van der Waals surface area contributed by atoms with Crippen molar-refractivity contribution in [2.24, 2.45) is 0 Å². The Hall–Kier alpha value is -3.28. The summed E-state index contributed by atoms with van der Waals surface area (Å²) in [6.07, 6.45) is 2.63. The Morgan fingerprint density at radius 2 is 1.93 bits per heavy atom. The molecule has 2 aliphatic heterocycles. The molecule has 1 aromatic carbocycles. The molecule has 3 fully saturated rings. The fraction of sp³-hybridized carbons (Fsp3) is 0.400. The van der Waals surface area contributed by atoms with Crippen molar-refractivity contribution in [3.05, 3.63) is 57.5 Å². The van der Waals surface area contributed by atoms with Gasteiger partial charge < -0.3 is 14.9 Å². The molecule has 40 heavy (non-hydrogen) atoms. The normalized spacial score (nSPS) is 21.9. The predicted octanol–water partition coefficient (Wildman–Crippen LogP) is 2.78. The van der Waals surface area contributed by atoms with Gasteiger partial charge in [0.05, 0.1) is 20.9 Å². The number of carbonyl (C=O) groups is 3. The zero-order chi connectivity index (χ0) is 29.0. The van der Waals surface area contributed by atoms with Crippen LogP contribution in [-0.2, 0) is 24.8 Å². The lowest BCUT2D eigenvalue weighted by Crippen LogP contribution is -2.69. The molecular weight excluding hydrogens is 633 g/mol. The molecule has 5 rings (SSSR count). The zero-order valence-electron chi connectivity index (χ0n) is 20.7. The highest BCUT2D eigenvalue weighted by Gasteiger charge is 2.60. The number of sulfone groups is 1. The number of pyridine rings is 1. The number of nitrogens with zero attached hydrogens (tertiary/aromatic N) is 5. The van der Waals surface area contributed by atoms with Gasteiger partial charge in [0.15, 0.2) is 16.0 Å². The van der Waals surface area contributed by atoms with Crippen LogP contribution in [0.5, 0.6) is 0 Å². The van der Waals surface area contributed by atoms with Crippen molar-refractivity contribution in [2.75, 3.05) is 19.6 Å². The van der Waals surface area contributed by atoms with Gasteiger partial charge in [0, 0.05) is 36.3 Å². The fourth-order valence-electron chi connectivity index (χ4n) is 5.31. The van der Waals surface area contributed by atoms with Gasteiger partial charge in [0.1, 0.15) is 17.3 Å². The van der Waals surface area contributed by atoms with E-state index in [1.807, 2.05) is 6.19 Å². The summed E-state index contributed by atoms with van der Waals surface area (Å²) in [7, 11) is -4.16. The van der Waals surface area contributed by atoms with E-state index in [4.69, 9.17) is 11.6 Å². The summed E-state index contributed by atoms with van der Waals surface area (Å²) in [5, 5.41) is 17.9. The molecule has 1 aliphatic carbocycles. The monoisotopic (exact) mass is 653 g/mol. The highest BCUT2D eigenvalue weighted by atomic mass is 79.9. The third-order valence-corrected chi connectivity index (χ3v) is 10.6. The van der Waals surface area contributed by atoms with Crippen molar-refractivity contribution in [1.82, 2.24) is 19.7 Å². The molecule has 3 aliphatic rings. The second-order valence-corrected chi connectivity index (χ2v) is 13.6. The number of amides is 3. The SMILES string of the molecule is N#CN(C(=O)[C@@H]1C[C@@H](S(=O)(=O)c2ccccc2Cl)CN1C(=O)C1(c2ncc(Br)cc2F)CN(C(=O)O)C1)C1CC1. The van der Waals surface area contributed by atoms with Gasteiger partial charge in [-0.3, -0.25) is 14.6 Å². The lowest BCUT2D eigenvalue weighted by Gasteiger charge is -2.48. The fourth-order valence-corrected chi connectivity index (χ4v) is 7.83. The largest absolute Gasteiger partial charge is 0.465 e. The molecule has 11 nitrogen and oxygen atoms in total. The first-order valence-electron chi connectivity index (χ1n) is 12.2. The molecule has 2 saturated heterocycles. The minimum atomic E-state index is -4.16. The lowest BCUT2D eigenvalue weighted by molar-refractivity contribution is -0.150. The average molecular weight is 655 g/mol. The summed E-state index contributed by atoms with van der Waals surface area (Å²) in [6.45, 7) is -1.34. The Labute approximate surface area is 242 Å². The summed E-state index contributed by atoms with van der Waals surface area (Å²) >= 11 is 9.29. The maximum atomic E-state index is 15.2. The maximum absolute atomic E-state index is 15.2. The highest BCUT2D eigenvalue weighted by molar-refractivity contribution is 9.10. The molecule has 0 unspecified atom stereocenters. The molecule has 210 valence electrons. The van der Waals surface area contributed by atoms with Crippen LogP contribution in [0.4, 0.5) is 9.18 Å². The Balaban J connectivity index is 1.57. The standard InChI is InChI=1S/C25H22BrClFN5O6S/c26-14-7-18(28)21(30-9-14)25(11-31(12-25)24(36)37)23(35)32-10-16(40(38,39)20-4-2-1-3-17(20)27)8-19(32)22(34)33(13-29)15-5-6-15/h1-4,7,9,15-16,19H,5-6,8,10-12H2,(H,36,37)/t16-,19+/m1/s1. The minimum absolute atomic E-state index is 0.0273. The van der Waals surface area contributed by atoms with Crippen LogP contribution in [0.15, 0.2) is 45.9 Å². The van der Waals surface area contributed by atoms with Crippen LogP contribution in [0.1, 0.15) is 25.0 Å². The van der Waals surface area contributed by atoms with E-state index >= 15 is 4.39 Å². The highest BCUT2D eigenvalue weighted by Crippen LogP contribution is 2.41. The van der Waals surface area contributed by atoms with E-state index in [1.165, 1.54) is 24.4 Å². The van der Waals surface area contributed by atoms with Crippen molar-refractivity contribution in [2.45, 2.75) is 46.9 Å². The summed E-state index contributed by atoms with van der Waals surface area (Å²) in [5.74, 6) is -2.46. The van der Waals surface area contributed by atoms with Crippen molar-refractivity contribution < 1.29 is 32.3 Å². The Kier molecular flexibility index (Phi) is 7.26. The molecule has 2 aromatic rings. The predicted molar refractivity (Wildman–Crippen MR) is 141 cm³/mol. The average Bonchev–Trinajstić information content (AvgIpc) is 3.60. The van der Waals surface area contributed by atoms with E-state index in [0.29, 0.717) is 17.3 Å². The minimum Gasteiger partial charge on any atom is -0.465 e. The van der Waals surface area contributed by atoms with Crippen LogP contribution >= 0.6 is 27.5 Å². The van der Waals surface area contributed by atoms with Crippen molar-refractivity contribution >= 4 is 55.3 Å². The first kappa shape index (κ1) is 28.3. The Morgan fingerprint density at radius 3 is 2.50 bits per heavy atom. The topological polar surface area (TPSA) is 152 Å². The molecule has 3 amide bonds. The number of nitriles is 1. The molecule has 3 heterocycles. The van der Waals surface area contributed by atoms with Gasteiger partial charge in [-0.2, -0.15) is 5.26 Å². The number of aromatic nitrogens is 1. The number of carboxylic acid groups (broad SMARTS) is 1. The van der Waals surface area contributed by atoms with Crippen molar-refractivity contribution in [3.8, 4) is 6.19 Å². The smallest absolute Gasteiger partial charge is 0.407 e. The van der Waals surface area contributed by atoms with Gasteiger partial charge >= 0.3 is 6.09 Å². The van der Waals surface area contributed by atoms with Gasteiger partial charge in [-0.05, 0) is 53.4 Å². The van der Waals surface area contributed by atoms with E-state index in [9.17, 15) is 33.2 Å². The summed E-state index contributed by atoms with van der Waals surface area (Å²) in [4.78, 5) is 46.3. The van der Waals surface area contributed by atoms with Crippen molar-refractivity contribution in [1.29, 1.82) is 5.26 Å². The van der Waals surface area contributed by atoms with E-state index < -0.39 is 69.9 Å². The quantitative estimate of drug-likeness (QED) is 0.369. The van der Waals surface area contributed by atoms with E-state index in [1.54, 1.807) is 6.07 Å². The van der Waals surface area contributed by atoms with Gasteiger partial charge in [0.25, 0.3) is 5.91 Å². The molecule has 15 heteroatoms. The molecule has 0 bridgehead atoms. The third-order valence-electron chi connectivity index (χ3n) is 7.51. The van der Waals surface area contributed by atoms with Gasteiger partial charge in [-0.1, -0.05) is 23.7 Å². The Morgan fingerprint density at radius 1 is 1.25 bits per heavy atom. The van der Waals surface area contributed by atoms with Crippen LogP contribution < -0.4 is 0 Å². The third kappa shape index (κ3) is 4.69. The number of likely N-dealkylation sites (tertiary alicyclic amines) is 2. The number of hydrogen-bond acceptors (Lipinski definition) is 7. The first-order valence-corrected chi connectivity index (χ1v) is 14.9. The van der Waals surface area contributed by atoms with Gasteiger partial charge in [-0.15, -0.1) is 0 Å². The number of hydrogen-bond donors (Lipinski definition) is 1. The second-order valence-electron chi connectivity index (χ2n) is 10.1. The number of carbonyl (C=O) groups excluding carboxylic acids is 2. The lowest BCUT2D eigenvalue weighted by atomic mass is 9.74. The van der Waals surface area contributed by atoms with E-state index in [2.05, 4.69) is 20.9 Å². The molecule has 2 atom stereocenters. The number of halogens is 3. The second kappa shape index (κ2) is 10.3. The van der Waals surface area contributed by atoms with Crippen molar-refractivity contribution in [3.63, 3.8) is 0 Å². The maximum Gasteiger partial charge on any atom is 0.407 e. The van der Waals surface area contributed by atoms with Gasteiger partial charge in [-0.25, -0.2) is 22.5 Å². The van der Waals surface area contributed by atoms with Crippen LogP contribution in [0.2, 0.25) is 5.02 Å². The van der Waals surface area contributed by atoms with Crippen LogP contribution in [0.3, 0.4) is 0 Å². The van der Waals surface area contributed by atoms with Crippen LogP contribution in [0, 0.1) is 17.3 Å².